The van der Waals surface area contributed by atoms with Gasteiger partial charge in [0.2, 0.25) is 0 Å². The molecule has 0 fully saturated rings. The number of pyridine rings is 1. The molecule has 76 valence electrons. The SMILES string of the molecule is CCC1CNc2cc(C)cnc2NC1. The standard InChI is InChI=1S/C11H17N3/c1-3-9-6-12-10-4-8(2)5-13-11(10)14-7-9/h4-5,9,12H,3,6-7H2,1-2H3,(H,13,14). The lowest BCUT2D eigenvalue weighted by atomic mass is 10.1. The number of nitrogens with one attached hydrogen (secondary N) is 2. The summed E-state index contributed by atoms with van der Waals surface area (Å²) in [6.45, 7) is 6.36. The molecule has 2 rings (SSSR count). The van der Waals surface area contributed by atoms with Crippen LogP contribution in [0.25, 0.3) is 0 Å². The third-order valence-corrected chi connectivity index (χ3v) is 2.74. The molecule has 0 saturated heterocycles. The average Bonchev–Trinajstić information content (AvgIpc) is 2.39. The minimum atomic E-state index is 0.699. The fourth-order valence-electron chi connectivity index (χ4n) is 1.70. The summed E-state index contributed by atoms with van der Waals surface area (Å²) in [6.07, 6.45) is 3.10. The van der Waals surface area contributed by atoms with Crippen LogP contribution >= 0.6 is 0 Å². The Bertz CT molecular complexity index is 322. The summed E-state index contributed by atoms with van der Waals surface area (Å²) in [6, 6.07) is 2.15. The number of fused-ring (bicyclic) bond motifs is 1. The van der Waals surface area contributed by atoms with Gasteiger partial charge in [-0.05, 0) is 30.9 Å². The van der Waals surface area contributed by atoms with Crippen molar-refractivity contribution in [2.75, 3.05) is 23.7 Å². The zero-order chi connectivity index (χ0) is 9.97. The van der Waals surface area contributed by atoms with Crippen molar-refractivity contribution >= 4 is 11.5 Å². The van der Waals surface area contributed by atoms with E-state index in [-0.39, 0.29) is 0 Å². The smallest absolute Gasteiger partial charge is 0.149 e. The first-order valence-corrected chi connectivity index (χ1v) is 5.24. The molecule has 1 aliphatic rings. The fourth-order valence-corrected chi connectivity index (χ4v) is 1.70. The second kappa shape index (κ2) is 3.86. The Balaban J connectivity index is 2.21. The van der Waals surface area contributed by atoms with Crippen LogP contribution in [0, 0.1) is 12.8 Å². The van der Waals surface area contributed by atoms with Crippen molar-refractivity contribution in [2.45, 2.75) is 20.3 Å². The number of anilines is 2. The maximum absolute atomic E-state index is 4.37. The van der Waals surface area contributed by atoms with E-state index in [9.17, 15) is 0 Å². The highest BCUT2D eigenvalue weighted by Gasteiger charge is 2.13. The topological polar surface area (TPSA) is 37.0 Å². The summed E-state index contributed by atoms with van der Waals surface area (Å²) in [5.74, 6) is 1.69. The molecule has 14 heavy (non-hydrogen) atoms. The highest BCUT2D eigenvalue weighted by atomic mass is 15.1. The van der Waals surface area contributed by atoms with E-state index < -0.39 is 0 Å². The molecule has 1 aromatic rings. The first-order valence-electron chi connectivity index (χ1n) is 5.24. The van der Waals surface area contributed by atoms with Gasteiger partial charge in [-0.2, -0.15) is 0 Å². The van der Waals surface area contributed by atoms with Gasteiger partial charge in [0.05, 0.1) is 5.69 Å². The molecule has 2 N–H and O–H groups in total. The van der Waals surface area contributed by atoms with Gasteiger partial charge >= 0.3 is 0 Å². The van der Waals surface area contributed by atoms with Gasteiger partial charge in [0.25, 0.3) is 0 Å². The fraction of sp³-hybridized carbons (Fsp3) is 0.545. The Morgan fingerprint density at radius 3 is 3.00 bits per heavy atom. The zero-order valence-electron chi connectivity index (χ0n) is 8.80. The molecule has 1 atom stereocenters. The van der Waals surface area contributed by atoms with Crippen molar-refractivity contribution < 1.29 is 0 Å². The summed E-state index contributed by atoms with van der Waals surface area (Å²) in [5.41, 5.74) is 2.34. The first-order chi connectivity index (χ1) is 6.79. The third-order valence-electron chi connectivity index (χ3n) is 2.74. The van der Waals surface area contributed by atoms with Crippen molar-refractivity contribution in [3.63, 3.8) is 0 Å². The van der Waals surface area contributed by atoms with Crippen LogP contribution in [0.2, 0.25) is 0 Å². The van der Waals surface area contributed by atoms with Gasteiger partial charge in [0, 0.05) is 19.3 Å². The van der Waals surface area contributed by atoms with Crippen LogP contribution in [0.4, 0.5) is 11.5 Å². The van der Waals surface area contributed by atoms with Crippen LogP contribution in [0.15, 0.2) is 12.3 Å². The second-order valence-corrected chi connectivity index (χ2v) is 3.94. The molecule has 3 heteroatoms. The van der Waals surface area contributed by atoms with Gasteiger partial charge in [0.15, 0.2) is 0 Å². The Morgan fingerprint density at radius 1 is 1.43 bits per heavy atom. The van der Waals surface area contributed by atoms with Gasteiger partial charge in [-0.25, -0.2) is 4.98 Å². The van der Waals surface area contributed by atoms with E-state index in [1.807, 2.05) is 6.20 Å². The molecule has 0 amide bonds. The van der Waals surface area contributed by atoms with Crippen molar-refractivity contribution in [3.8, 4) is 0 Å². The monoisotopic (exact) mass is 191 g/mol. The van der Waals surface area contributed by atoms with E-state index in [4.69, 9.17) is 0 Å². The van der Waals surface area contributed by atoms with E-state index >= 15 is 0 Å². The molecule has 0 bridgehead atoms. The number of aryl methyl sites for hydroxylation is 1. The second-order valence-electron chi connectivity index (χ2n) is 3.94. The molecular weight excluding hydrogens is 174 g/mol. The van der Waals surface area contributed by atoms with Crippen molar-refractivity contribution in [3.05, 3.63) is 17.8 Å². The van der Waals surface area contributed by atoms with E-state index in [0.717, 1.165) is 24.6 Å². The molecule has 1 unspecified atom stereocenters. The zero-order valence-corrected chi connectivity index (χ0v) is 8.80. The Kier molecular flexibility index (Phi) is 2.57. The maximum atomic E-state index is 4.37. The average molecular weight is 191 g/mol. The minimum absolute atomic E-state index is 0.699. The van der Waals surface area contributed by atoms with Gasteiger partial charge in [-0.15, -0.1) is 0 Å². The molecule has 2 heterocycles. The van der Waals surface area contributed by atoms with Gasteiger partial charge in [-0.1, -0.05) is 6.92 Å². The lowest BCUT2D eigenvalue weighted by Crippen LogP contribution is -2.17. The van der Waals surface area contributed by atoms with Crippen LogP contribution in [0.1, 0.15) is 18.9 Å². The highest BCUT2D eigenvalue weighted by Crippen LogP contribution is 2.23. The Labute approximate surface area is 84.9 Å². The molecule has 3 nitrogen and oxygen atoms in total. The molecule has 1 aromatic heterocycles. The molecule has 1 aliphatic heterocycles. The van der Waals surface area contributed by atoms with E-state index in [0.29, 0.717) is 5.92 Å². The van der Waals surface area contributed by atoms with Crippen molar-refractivity contribution in [1.82, 2.24) is 4.98 Å². The summed E-state index contributed by atoms with van der Waals surface area (Å²) >= 11 is 0. The third kappa shape index (κ3) is 1.81. The highest BCUT2D eigenvalue weighted by molar-refractivity contribution is 5.65. The Morgan fingerprint density at radius 2 is 2.21 bits per heavy atom. The van der Waals surface area contributed by atoms with Gasteiger partial charge < -0.3 is 10.6 Å². The van der Waals surface area contributed by atoms with Crippen LogP contribution < -0.4 is 10.6 Å². The molecule has 0 spiro atoms. The largest absolute Gasteiger partial charge is 0.382 e. The molecular formula is C11H17N3. The molecule has 0 aromatic carbocycles. The van der Waals surface area contributed by atoms with E-state index in [1.165, 1.54) is 12.0 Å². The maximum Gasteiger partial charge on any atom is 0.149 e. The molecule has 0 saturated carbocycles. The number of aromatic nitrogens is 1. The van der Waals surface area contributed by atoms with E-state index in [1.54, 1.807) is 0 Å². The summed E-state index contributed by atoms with van der Waals surface area (Å²) < 4.78 is 0. The summed E-state index contributed by atoms with van der Waals surface area (Å²) in [4.78, 5) is 4.37. The quantitative estimate of drug-likeness (QED) is 0.715. The summed E-state index contributed by atoms with van der Waals surface area (Å²) in [5, 5.41) is 6.82. The predicted molar refractivity (Wildman–Crippen MR) is 59.7 cm³/mol. The van der Waals surface area contributed by atoms with Crippen LogP contribution in [0.3, 0.4) is 0 Å². The van der Waals surface area contributed by atoms with Crippen LogP contribution in [0.5, 0.6) is 0 Å². The van der Waals surface area contributed by atoms with Crippen molar-refractivity contribution in [2.24, 2.45) is 5.92 Å². The number of hydrogen-bond acceptors (Lipinski definition) is 3. The number of rotatable bonds is 1. The molecule has 0 radical (unpaired) electrons. The number of hydrogen-bond donors (Lipinski definition) is 2. The predicted octanol–water partition coefficient (Wildman–Crippen LogP) is 2.25. The normalized spacial score (nSPS) is 20.3. The minimum Gasteiger partial charge on any atom is -0.382 e. The van der Waals surface area contributed by atoms with E-state index in [2.05, 4.69) is 35.5 Å². The summed E-state index contributed by atoms with van der Waals surface area (Å²) in [7, 11) is 0. The first kappa shape index (κ1) is 9.31. The lowest BCUT2D eigenvalue weighted by Gasteiger charge is -2.10. The Hall–Kier alpha value is -1.25. The lowest BCUT2D eigenvalue weighted by molar-refractivity contribution is 0.569. The van der Waals surface area contributed by atoms with Crippen LogP contribution in [-0.2, 0) is 0 Å². The van der Waals surface area contributed by atoms with Gasteiger partial charge in [-0.3, -0.25) is 0 Å². The molecule has 0 aliphatic carbocycles. The van der Waals surface area contributed by atoms with Crippen molar-refractivity contribution in [1.29, 1.82) is 0 Å². The van der Waals surface area contributed by atoms with Crippen LogP contribution in [-0.4, -0.2) is 18.1 Å². The number of nitrogens with zero attached hydrogens (tertiary/aromatic N) is 1. The van der Waals surface area contributed by atoms with Gasteiger partial charge in [0.1, 0.15) is 5.82 Å².